The molecule has 160 valence electrons. The summed E-state index contributed by atoms with van der Waals surface area (Å²) in [6.07, 6.45) is 4.17. The van der Waals surface area contributed by atoms with Crippen molar-refractivity contribution in [1.82, 2.24) is 10.2 Å². The maximum absolute atomic E-state index is 13.3. The van der Waals surface area contributed by atoms with Crippen LogP contribution in [0.3, 0.4) is 0 Å². The molecule has 1 N–H and O–H groups in total. The Bertz CT molecular complexity index is 899. The van der Waals surface area contributed by atoms with Gasteiger partial charge in [0.05, 0.1) is 6.42 Å². The number of carbonyl (C=O) groups is 2. The third-order valence-corrected chi connectivity index (χ3v) is 6.08. The molecule has 1 aliphatic rings. The predicted molar refractivity (Wildman–Crippen MR) is 117 cm³/mol. The monoisotopic (exact) mass is 450 g/mol. The van der Waals surface area contributed by atoms with Gasteiger partial charge in [0, 0.05) is 22.6 Å². The average molecular weight is 451 g/mol. The van der Waals surface area contributed by atoms with Crippen LogP contribution < -0.4 is 5.32 Å². The molecule has 0 bridgehead atoms. The van der Waals surface area contributed by atoms with Gasteiger partial charge in [-0.25, -0.2) is 4.39 Å². The first-order valence-electron chi connectivity index (χ1n) is 10.1. The Kier molecular flexibility index (Phi) is 7.73. The van der Waals surface area contributed by atoms with Crippen molar-refractivity contribution in [2.75, 3.05) is 0 Å². The van der Waals surface area contributed by atoms with Crippen LogP contribution in [0.1, 0.15) is 43.7 Å². The summed E-state index contributed by atoms with van der Waals surface area (Å²) < 4.78 is 13.3. The summed E-state index contributed by atoms with van der Waals surface area (Å²) in [6.45, 7) is 1.92. The van der Waals surface area contributed by atoms with Crippen LogP contribution in [0.4, 0.5) is 4.39 Å². The fraction of sp³-hybridized carbons (Fsp3) is 0.391. The van der Waals surface area contributed by atoms with Crippen molar-refractivity contribution >= 4 is 35.0 Å². The van der Waals surface area contributed by atoms with Crippen LogP contribution in [0.15, 0.2) is 42.5 Å². The molecule has 2 aromatic carbocycles. The van der Waals surface area contributed by atoms with E-state index in [4.69, 9.17) is 23.2 Å². The number of halogens is 3. The molecule has 3 rings (SSSR count). The van der Waals surface area contributed by atoms with Crippen molar-refractivity contribution in [2.24, 2.45) is 0 Å². The minimum atomic E-state index is -0.672. The van der Waals surface area contributed by atoms with Gasteiger partial charge in [-0.15, -0.1) is 0 Å². The van der Waals surface area contributed by atoms with Gasteiger partial charge >= 0.3 is 0 Å². The van der Waals surface area contributed by atoms with E-state index < -0.39 is 6.04 Å². The molecule has 0 heterocycles. The molecule has 0 unspecified atom stereocenters. The van der Waals surface area contributed by atoms with E-state index in [0.29, 0.717) is 15.6 Å². The van der Waals surface area contributed by atoms with E-state index in [-0.39, 0.29) is 36.6 Å². The highest BCUT2D eigenvalue weighted by Gasteiger charge is 2.28. The normalized spacial score (nSPS) is 15.1. The summed E-state index contributed by atoms with van der Waals surface area (Å²) in [7, 11) is 0. The van der Waals surface area contributed by atoms with Crippen molar-refractivity contribution in [3.63, 3.8) is 0 Å². The lowest BCUT2D eigenvalue weighted by atomic mass is 10.1. The first-order valence-corrected chi connectivity index (χ1v) is 10.9. The lowest BCUT2D eigenvalue weighted by Crippen LogP contribution is -2.50. The molecule has 0 saturated heterocycles. The van der Waals surface area contributed by atoms with E-state index in [2.05, 4.69) is 5.32 Å². The molecule has 7 heteroatoms. The van der Waals surface area contributed by atoms with Crippen molar-refractivity contribution in [3.8, 4) is 0 Å². The van der Waals surface area contributed by atoms with E-state index >= 15 is 0 Å². The Labute approximate surface area is 186 Å². The van der Waals surface area contributed by atoms with E-state index in [1.54, 1.807) is 37.3 Å². The number of hydrogen-bond acceptors (Lipinski definition) is 2. The molecule has 1 aliphatic carbocycles. The van der Waals surface area contributed by atoms with Crippen LogP contribution in [0.2, 0.25) is 10.0 Å². The molecular formula is C23H25Cl2FN2O2. The van der Waals surface area contributed by atoms with Gasteiger partial charge in [0.15, 0.2) is 0 Å². The quantitative estimate of drug-likeness (QED) is 0.633. The molecular weight excluding hydrogens is 426 g/mol. The minimum absolute atomic E-state index is 0.0399. The third-order valence-electron chi connectivity index (χ3n) is 5.49. The van der Waals surface area contributed by atoms with Crippen LogP contribution in [0.5, 0.6) is 0 Å². The van der Waals surface area contributed by atoms with Gasteiger partial charge in [0.2, 0.25) is 11.8 Å². The van der Waals surface area contributed by atoms with Crippen molar-refractivity contribution in [2.45, 2.75) is 57.7 Å². The Balaban J connectivity index is 1.78. The van der Waals surface area contributed by atoms with Crippen LogP contribution >= 0.6 is 23.2 Å². The minimum Gasteiger partial charge on any atom is -0.352 e. The second kappa shape index (κ2) is 10.3. The molecule has 1 atom stereocenters. The molecule has 1 saturated carbocycles. The Morgan fingerprint density at radius 3 is 2.43 bits per heavy atom. The number of nitrogens with one attached hydrogen (secondary N) is 1. The van der Waals surface area contributed by atoms with Crippen LogP contribution in [0.25, 0.3) is 0 Å². The highest BCUT2D eigenvalue weighted by atomic mass is 35.5. The highest BCUT2D eigenvalue weighted by molar-refractivity contribution is 6.35. The van der Waals surface area contributed by atoms with Gasteiger partial charge in [0.1, 0.15) is 11.9 Å². The largest absolute Gasteiger partial charge is 0.352 e. The smallest absolute Gasteiger partial charge is 0.242 e. The topological polar surface area (TPSA) is 49.4 Å². The molecule has 0 aromatic heterocycles. The summed E-state index contributed by atoms with van der Waals surface area (Å²) in [5.74, 6) is -0.770. The lowest BCUT2D eigenvalue weighted by Gasteiger charge is -2.30. The number of carbonyl (C=O) groups excluding carboxylic acids is 2. The van der Waals surface area contributed by atoms with Crippen molar-refractivity contribution in [3.05, 3.63) is 69.5 Å². The van der Waals surface area contributed by atoms with Crippen LogP contribution in [-0.2, 0) is 22.6 Å². The fourth-order valence-corrected chi connectivity index (χ4v) is 4.17. The summed E-state index contributed by atoms with van der Waals surface area (Å²) in [4.78, 5) is 27.5. The summed E-state index contributed by atoms with van der Waals surface area (Å²) >= 11 is 12.2. The fourth-order valence-electron chi connectivity index (χ4n) is 3.69. The zero-order chi connectivity index (χ0) is 21.7. The molecule has 4 nitrogen and oxygen atoms in total. The second-order valence-electron chi connectivity index (χ2n) is 7.73. The first kappa shape index (κ1) is 22.6. The first-order chi connectivity index (χ1) is 14.3. The Hall–Kier alpha value is -2.11. The second-order valence-corrected chi connectivity index (χ2v) is 8.57. The van der Waals surface area contributed by atoms with E-state index in [1.807, 2.05) is 0 Å². The maximum atomic E-state index is 13.3. The van der Waals surface area contributed by atoms with Gasteiger partial charge in [-0.05, 0) is 55.2 Å². The number of benzene rings is 2. The van der Waals surface area contributed by atoms with Crippen LogP contribution in [-0.4, -0.2) is 28.8 Å². The van der Waals surface area contributed by atoms with Gasteiger partial charge in [0.25, 0.3) is 0 Å². The van der Waals surface area contributed by atoms with Crippen molar-refractivity contribution < 1.29 is 14.0 Å². The number of rotatable bonds is 7. The van der Waals surface area contributed by atoms with E-state index in [1.165, 1.54) is 17.0 Å². The summed E-state index contributed by atoms with van der Waals surface area (Å²) in [5.41, 5.74) is 1.38. The molecule has 2 aromatic rings. The lowest BCUT2D eigenvalue weighted by molar-refractivity contribution is -0.140. The van der Waals surface area contributed by atoms with Gasteiger partial charge < -0.3 is 10.2 Å². The number of amides is 2. The number of hydrogen-bond donors (Lipinski definition) is 1. The van der Waals surface area contributed by atoms with E-state index in [9.17, 15) is 14.0 Å². The molecule has 0 spiro atoms. The summed E-state index contributed by atoms with van der Waals surface area (Å²) in [5, 5.41) is 3.95. The van der Waals surface area contributed by atoms with Gasteiger partial charge in [-0.1, -0.05) is 54.2 Å². The highest BCUT2D eigenvalue weighted by Crippen LogP contribution is 2.23. The van der Waals surface area contributed by atoms with Gasteiger partial charge in [-0.2, -0.15) is 0 Å². The summed E-state index contributed by atoms with van der Waals surface area (Å²) in [6, 6.07) is 10.4. The molecule has 0 radical (unpaired) electrons. The van der Waals surface area contributed by atoms with Crippen LogP contribution in [0, 0.1) is 5.82 Å². The Morgan fingerprint density at radius 1 is 1.13 bits per heavy atom. The number of nitrogens with zero attached hydrogens (tertiary/aromatic N) is 1. The molecule has 2 amide bonds. The van der Waals surface area contributed by atoms with E-state index in [0.717, 1.165) is 31.2 Å². The Morgan fingerprint density at radius 2 is 1.80 bits per heavy atom. The predicted octanol–water partition coefficient (Wildman–Crippen LogP) is 5.15. The third kappa shape index (κ3) is 5.96. The molecule has 1 fully saturated rings. The standard InChI is InChI=1S/C23H25Cl2FN2O2/c1-15(23(30)27-20-4-2-3-5-20)28(14-16-6-10-19(26)11-7-16)22(29)12-17-8-9-18(24)13-21(17)25/h6-11,13,15,20H,2-5,12,14H2,1H3,(H,27,30)/t15-/m0/s1. The molecule has 0 aliphatic heterocycles. The SMILES string of the molecule is C[C@@H](C(=O)NC1CCCC1)N(Cc1ccc(F)cc1)C(=O)Cc1ccc(Cl)cc1Cl. The zero-order valence-electron chi connectivity index (χ0n) is 16.8. The van der Waals surface area contributed by atoms with Crippen molar-refractivity contribution in [1.29, 1.82) is 0 Å². The van der Waals surface area contributed by atoms with Gasteiger partial charge in [-0.3, -0.25) is 9.59 Å². The maximum Gasteiger partial charge on any atom is 0.242 e. The average Bonchev–Trinajstić information content (AvgIpc) is 3.22. The molecule has 30 heavy (non-hydrogen) atoms. The zero-order valence-corrected chi connectivity index (χ0v) is 18.3.